The van der Waals surface area contributed by atoms with Gasteiger partial charge in [-0.3, -0.25) is 9.78 Å². The lowest BCUT2D eigenvalue weighted by Crippen LogP contribution is -2.40. The molecule has 0 saturated heterocycles. The van der Waals surface area contributed by atoms with Crippen LogP contribution in [0.2, 0.25) is 0 Å². The van der Waals surface area contributed by atoms with Crippen molar-refractivity contribution in [2.75, 3.05) is 6.54 Å². The average molecular weight is 274 g/mol. The molecule has 0 aliphatic heterocycles. The Morgan fingerprint density at radius 2 is 2.11 bits per heavy atom. The molecule has 0 bridgehead atoms. The molecule has 1 heterocycles. The monoisotopic (exact) mass is 274 g/mol. The van der Waals surface area contributed by atoms with Crippen LogP contribution in [0.3, 0.4) is 0 Å². The molecule has 18 heavy (non-hydrogen) atoms. The van der Waals surface area contributed by atoms with Gasteiger partial charge < -0.3 is 10.7 Å². The summed E-state index contributed by atoms with van der Waals surface area (Å²) < 4.78 is 25.9. The molecule has 8 nitrogen and oxygen atoms in total. The van der Waals surface area contributed by atoms with E-state index >= 15 is 0 Å². The number of hydrogen-bond acceptors (Lipinski definition) is 5. The fraction of sp³-hybridized carbons (Fsp3) is 0.556. The summed E-state index contributed by atoms with van der Waals surface area (Å²) in [4.78, 5) is 25.6. The first-order valence-electron chi connectivity index (χ1n) is 5.47. The van der Waals surface area contributed by atoms with E-state index in [2.05, 4.69) is 9.71 Å². The normalized spacial score (nSPS) is 17.6. The minimum atomic E-state index is -3.95. The molecule has 1 aliphatic carbocycles. The van der Waals surface area contributed by atoms with E-state index in [1.807, 2.05) is 4.98 Å². The van der Waals surface area contributed by atoms with E-state index in [9.17, 15) is 18.0 Å². The lowest BCUT2D eigenvalue weighted by atomic mass is 10.2. The van der Waals surface area contributed by atoms with Crippen LogP contribution in [0, 0.1) is 5.92 Å². The molecule has 1 aliphatic rings. The molecule has 9 heteroatoms. The van der Waals surface area contributed by atoms with Crippen LogP contribution >= 0.6 is 0 Å². The minimum absolute atomic E-state index is 0.0750. The summed E-state index contributed by atoms with van der Waals surface area (Å²) in [5.41, 5.74) is 4.05. The number of hydrogen-bond donors (Lipinski definition) is 4. The highest BCUT2D eigenvalue weighted by Crippen LogP contribution is 2.31. The SMILES string of the molecule is NC(CNS(=O)(=O)c1c[nH]c(=O)[nH]c1=O)C1CC1. The molecule has 2 rings (SSSR count). The van der Waals surface area contributed by atoms with E-state index in [1.54, 1.807) is 0 Å². The van der Waals surface area contributed by atoms with Gasteiger partial charge in [-0.25, -0.2) is 17.9 Å². The summed E-state index contributed by atoms with van der Waals surface area (Å²) in [6.45, 7) is 0.0750. The number of rotatable bonds is 5. The van der Waals surface area contributed by atoms with Crippen LogP contribution in [0.15, 0.2) is 20.7 Å². The largest absolute Gasteiger partial charge is 0.326 e. The number of H-pyrrole nitrogens is 2. The zero-order valence-corrected chi connectivity index (χ0v) is 10.3. The van der Waals surface area contributed by atoms with E-state index in [-0.39, 0.29) is 12.6 Å². The third-order valence-corrected chi connectivity index (χ3v) is 4.24. The fourth-order valence-corrected chi connectivity index (χ4v) is 2.65. The van der Waals surface area contributed by atoms with Crippen molar-refractivity contribution in [3.05, 3.63) is 27.0 Å². The molecule has 5 N–H and O–H groups in total. The lowest BCUT2D eigenvalue weighted by molar-refractivity contribution is 0.546. The predicted molar refractivity (Wildman–Crippen MR) is 63.6 cm³/mol. The van der Waals surface area contributed by atoms with E-state index in [0.29, 0.717) is 5.92 Å². The highest BCUT2D eigenvalue weighted by Gasteiger charge is 2.29. The van der Waals surface area contributed by atoms with Gasteiger partial charge in [-0.1, -0.05) is 0 Å². The third kappa shape index (κ3) is 2.86. The number of sulfonamides is 1. The van der Waals surface area contributed by atoms with Gasteiger partial charge in [0, 0.05) is 18.8 Å². The Labute approximate surface area is 103 Å². The molecule has 0 aromatic carbocycles. The second-order valence-electron chi connectivity index (χ2n) is 4.29. The number of nitrogens with two attached hydrogens (primary N) is 1. The second kappa shape index (κ2) is 4.67. The van der Waals surface area contributed by atoms with Crippen molar-refractivity contribution in [1.29, 1.82) is 0 Å². The van der Waals surface area contributed by atoms with Crippen LogP contribution < -0.4 is 21.7 Å². The summed E-state index contributed by atoms with van der Waals surface area (Å²) in [6, 6.07) is -0.249. The molecular weight excluding hydrogens is 260 g/mol. The summed E-state index contributed by atoms with van der Waals surface area (Å²) >= 11 is 0. The zero-order valence-electron chi connectivity index (χ0n) is 9.47. The summed E-state index contributed by atoms with van der Waals surface area (Å²) in [7, 11) is -3.95. The van der Waals surface area contributed by atoms with Gasteiger partial charge in [0.2, 0.25) is 10.0 Å². The second-order valence-corrected chi connectivity index (χ2v) is 6.02. The van der Waals surface area contributed by atoms with Gasteiger partial charge >= 0.3 is 5.69 Å². The smallest absolute Gasteiger partial charge is 0.325 e. The molecule has 1 atom stereocenters. The molecule has 100 valence electrons. The van der Waals surface area contributed by atoms with Crippen molar-refractivity contribution in [1.82, 2.24) is 14.7 Å². The van der Waals surface area contributed by atoms with Crippen LogP contribution in [0.5, 0.6) is 0 Å². The molecular formula is C9H14N4O4S. The van der Waals surface area contributed by atoms with Gasteiger partial charge in [-0.15, -0.1) is 0 Å². The zero-order chi connectivity index (χ0) is 13.3. The van der Waals surface area contributed by atoms with Crippen LogP contribution in [-0.2, 0) is 10.0 Å². The van der Waals surface area contributed by atoms with Gasteiger partial charge in [-0.2, -0.15) is 0 Å². The van der Waals surface area contributed by atoms with Crippen molar-refractivity contribution in [3.8, 4) is 0 Å². The fourth-order valence-electron chi connectivity index (χ4n) is 1.57. The van der Waals surface area contributed by atoms with E-state index < -0.39 is 26.2 Å². The molecule has 1 saturated carbocycles. The minimum Gasteiger partial charge on any atom is -0.326 e. The third-order valence-electron chi connectivity index (χ3n) is 2.81. The molecule has 0 radical (unpaired) electrons. The number of aromatic nitrogens is 2. The van der Waals surface area contributed by atoms with Crippen molar-refractivity contribution in [2.24, 2.45) is 11.7 Å². The first-order chi connectivity index (χ1) is 8.40. The van der Waals surface area contributed by atoms with Gasteiger partial charge in [-0.05, 0) is 18.8 Å². The maximum atomic E-state index is 11.8. The quantitative estimate of drug-likeness (QED) is 0.496. The van der Waals surface area contributed by atoms with Crippen molar-refractivity contribution in [2.45, 2.75) is 23.8 Å². The molecule has 0 amide bonds. The Hall–Kier alpha value is -1.45. The van der Waals surface area contributed by atoms with Crippen molar-refractivity contribution < 1.29 is 8.42 Å². The standard InChI is InChI=1S/C9H14N4O4S/c10-6(5-1-2-5)3-12-18(16,17)7-4-11-9(15)13-8(7)14/h4-6,12H,1-3,10H2,(H2,11,13,14,15). The Balaban J connectivity index is 2.14. The predicted octanol–water partition coefficient (Wildman–Crippen LogP) is -1.92. The van der Waals surface area contributed by atoms with Crippen LogP contribution in [0.4, 0.5) is 0 Å². The molecule has 1 aromatic rings. The summed E-state index contributed by atoms with van der Waals surface area (Å²) in [5, 5.41) is 0. The summed E-state index contributed by atoms with van der Waals surface area (Å²) in [5.74, 6) is 0.349. The topological polar surface area (TPSA) is 138 Å². The Bertz CT molecular complexity index is 643. The van der Waals surface area contributed by atoms with Gasteiger partial charge in [0.15, 0.2) is 4.90 Å². The first-order valence-corrected chi connectivity index (χ1v) is 6.96. The highest BCUT2D eigenvalue weighted by molar-refractivity contribution is 7.89. The van der Waals surface area contributed by atoms with Crippen LogP contribution in [-0.4, -0.2) is 31.0 Å². The van der Waals surface area contributed by atoms with Gasteiger partial charge in [0.1, 0.15) is 0 Å². The molecule has 0 spiro atoms. The highest BCUT2D eigenvalue weighted by atomic mass is 32.2. The van der Waals surface area contributed by atoms with Gasteiger partial charge in [0.05, 0.1) is 0 Å². The Morgan fingerprint density at radius 1 is 1.44 bits per heavy atom. The van der Waals surface area contributed by atoms with Crippen molar-refractivity contribution in [3.63, 3.8) is 0 Å². The molecule has 1 aromatic heterocycles. The number of aromatic amines is 2. The van der Waals surface area contributed by atoms with E-state index in [0.717, 1.165) is 19.0 Å². The Morgan fingerprint density at radius 3 is 2.67 bits per heavy atom. The maximum absolute atomic E-state index is 11.8. The molecule has 1 fully saturated rings. The average Bonchev–Trinajstić information content (AvgIpc) is 3.09. The van der Waals surface area contributed by atoms with Gasteiger partial charge in [0.25, 0.3) is 5.56 Å². The first kappa shape index (κ1) is 13.0. The summed E-state index contributed by atoms with van der Waals surface area (Å²) in [6.07, 6.45) is 2.87. The van der Waals surface area contributed by atoms with E-state index in [1.165, 1.54) is 0 Å². The van der Waals surface area contributed by atoms with Crippen molar-refractivity contribution >= 4 is 10.0 Å². The molecule has 1 unspecified atom stereocenters. The Kier molecular flexibility index (Phi) is 3.37. The van der Waals surface area contributed by atoms with Crippen LogP contribution in [0.25, 0.3) is 0 Å². The number of nitrogens with one attached hydrogen (secondary N) is 3. The van der Waals surface area contributed by atoms with E-state index in [4.69, 9.17) is 5.73 Å². The van der Waals surface area contributed by atoms with Crippen LogP contribution in [0.1, 0.15) is 12.8 Å². The lowest BCUT2D eigenvalue weighted by Gasteiger charge is -2.11. The maximum Gasteiger partial charge on any atom is 0.325 e.